The normalized spacial score (nSPS) is 17.8. The van der Waals surface area contributed by atoms with Crippen LogP contribution in [0.1, 0.15) is 40.7 Å². The Bertz CT molecular complexity index is 920. The summed E-state index contributed by atoms with van der Waals surface area (Å²) >= 11 is 0. The zero-order chi connectivity index (χ0) is 19.7. The van der Waals surface area contributed by atoms with E-state index in [0.29, 0.717) is 30.2 Å². The van der Waals surface area contributed by atoms with E-state index >= 15 is 0 Å². The Labute approximate surface area is 163 Å². The van der Waals surface area contributed by atoms with Gasteiger partial charge in [0, 0.05) is 32.1 Å². The van der Waals surface area contributed by atoms with Crippen molar-refractivity contribution in [1.82, 2.24) is 4.98 Å². The molecule has 2 aromatic rings. The third-order valence-electron chi connectivity index (χ3n) is 5.70. The van der Waals surface area contributed by atoms with Gasteiger partial charge in [0.05, 0.1) is 5.56 Å². The van der Waals surface area contributed by atoms with E-state index in [1.807, 2.05) is 23.1 Å². The third-order valence-corrected chi connectivity index (χ3v) is 5.70. The van der Waals surface area contributed by atoms with Gasteiger partial charge in [0.2, 0.25) is 5.60 Å². The molecule has 1 amide bonds. The highest BCUT2D eigenvalue weighted by atomic mass is 16.5. The summed E-state index contributed by atoms with van der Waals surface area (Å²) in [6.07, 6.45) is 5.38. The summed E-state index contributed by atoms with van der Waals surface area (Å²) in [6.45, 7) is 0.822. The summed E-state index contributed by atoms with van der Waals surface area (Å²) in [5.74, 6) is -0.421. The molecule has 0 saturated carbocycles. The fourth-order valence-corrected chi connectivity index (χ4v) is 4.12. The van der Waals surface area contributed by atoms with Crippen LogP contribution in [0.4, 0.5) is 5.82 Å². The number of aliphatic carboxylic acids is 1. The summed E-state index contributed by atoms with van der Waals surface area (Å²) in [4.78, 5) is 29.9. The largest absolute Gasteiger partial charge is 0.478 e. The monoisotopic (exact) mass is 381 g/mol. The van der Waals surface area contributed by atoms with Gasteiger partial charge in [-0.25, -0.2) is 9.78 Å². The quantitative estimate of drug-likeness (QED) is 0.822. The summed E-state index contributed by atoms with van der Waals surface area (Å²) in [5.41, 5.74) is 7.06. The molecule has 146 valence electrons. The molecule has 1 fully saturated rings. The first kappa shape index (κ1) is 18.3. The highest BCUT2D eigenvalue weighted by Crippen LogP contribution is 2.34. The predicted octanol–water partition coefficient (Wildman–Crippen LogP) is 2.17. The number of hydrogen-bond donors (Lipinski definition) is 2. The molecule has 0 bridgehead atoms. The van der Waals surface area contributed by atoms with Crippen LogP contribution in [0.15, 0.2) is 36.5 Å². The molecule has 1 aromatic heterocycles. The minimum Gasteiger partial charge on any atom is -0.478 e. The van der Waals surface area contributed by atoms with Crippen molar-refractivity contribution < 1.29 is 19.4 Å². The van der Waals surface area contributed by atoms with Crippen LogP contribution in [-0.4, -0.2) is 40.7 Å². The zero-order valence-electron chi connectivity index (χ0n) is 15.6. The van der Waals surface area contributed by atoms with E-state index in [9.17, 15) is 14.7 Å². The molecule has 4 rings (SSSR count). The molecular weight excluding hydrogens is 358 g/mol. The minimum atomic E-state index is -1.29. The molecule has 2 aliphatic rings. The number of aromatic nitrogens is 1. The van der Waals surface area contributed by atoms with Crippen LogP contribution in [0, 0.1) is 0 Å². The first-order valence-corrected chi connectivity index (χ1v) is 9.52. The lowest BCUT2D eigenvalue weighted by Crippen LogP contribution is -2.53. The molecule has 7 nitrogen and oxygen atoms in total. The Kier molecular flexibility index (Phi) is 4.66. The van der Waals surface area contributed by atoms with Gasteiger partial charge >= 0.3 is 5.97 Å². The molecule has 1 aliphatic heterocycles. The molecule has 1 saturated heterocycles. The van der Waals surface area contributed by atoms with Crippen molar-refractivity contribution >= 4 is 17.7 Å². The number of anilines is 1. The lowest BCUT2D eigenvalue weighted by atomic mass is 9.90. The van der Waals surface area contributed by atoms with Gasteiger partial charge < -0.3 is 20.5 Å². The fraction of sp³-hybridized carbons (Fsp3) is 0.381. The van der Waals surface area contributed by atoms with E-state index in [1.165, 1.54) is 11.1 Å². The number of carboxylic acids is 1. The molecule has 3 N–H and O–H groups in total. The summed E-state index contributed by atoms with van der Waals surface area (Å²) < 4.78 is 6.05. The predicted molar refractivity (Wildman–Crippen MR) is 104 cm³/mol. The van der Waals surface area contributed by atoms with Crippen molar-refractivity contribution in [2.75, 3.05) is 18.0 Å². The number of aryl methyl sites for hydroxylation is 2. The number of nitrogens with two attached hydrogens (primary N) is 1. The van der Waals surface area contributed by atoms with Gasteiger partial charge in [-0.15, -0.1) is 0 Å². The number of pyridine rings is 1. The van der Waals surface area contributed by atoms with E-state index in [4.69, 9.17) is 10.5 Å². The van der Waals surface area contributed by atoms with E-state index in [0.717, 1.165) is 19.3 Å². The second-order valence-corrected chi connectivity index (χ2v) is 7.41. The van der Waals surface area contributed by atoms with Crippen molar-refractivity contribution in [3.05, 3.63) is 53.2 Å². The van der Waals surface area contributed by atoms with Crippen LogP contribution in [-0.2, 0) is 17.6 Å². The number of carboxylic acid groups (broad SMARTS) is 1. The van der Waals surface area contributed by atoms with Crippen LogP contribution in [0.2, 0.25) is 0 Å². The maximum absolute atomic E-state index is 12.1. The summed E-state index contributed by atoms with van der Waals surface area (Å²) in [6, 6.07) is 9.17. The van der Waals surface area contributed by atoms with Crippen molar-refractivity contribution in [1.29, 1.82) is 0 Å². The van der Waals surface area contributed by atoms with Crippen LogP contribution in [0.25, 0.3) is 0 Å². The average Bonchev–Trinajstić information content (AvgIpc) is 3.16. The van der Waals surface area contributed by atoms with Crippen molar-refractivity contribution in [2.24, 2.45) is 5.73 Å². The third kappa shape index (κ3) is 3.28. The number of fused-ring (bicyclic) bond motifs is 1. The number of amides is 1. The number of nitrogens with zero attached hydrogens (tertiary/aromatic N) is 2. The Morgan fingerprint density at radius 3 is 2.61 bits per heavy atom. The number of benzene rings is 1. The van der Waals surface area contributed by atoms with Crippen LogP contribution < -0.4 is 15.4 Å². The van der Waals surface area contributed by atoms with E-state index in [1.54, 1.807) is 18.3 Å². The number of rotatable bonds is 5. The van der Waals surface area contributed by atoms with Gasteiger partial charge in [0.25, 0.3) is 5.91 Å². The Balaban J connectivity index is 1.53. The van der Waals surface area contributed by atoms with Gasteiger partial charge in [-0.2, -0.15) is 0 Å². The van der Waals surface area contributed by atoms with Gasteiger partial charge in [0.15, 0.2) is 0 Å². The SMILES string of the molecule is NC(=O)c1cccnc1N1CCC(Oc2ccc3c(c2)CCC3)(C(=O)O)CC1. The van der Waals surface area contributed by atoms with Gasteiger partial charge in [-0.05, 0) is 54.7 Å². The lowest BCUT2D eigenvalue weighted by Gasteiger charge is -2.39. The highest BCUT2D eigenvalue weighted by Gasteiger charge is 2.44. The molecule has 2 heterocycles. The average molecular weight is 381 g/mol. The zero-order valence-corrected chi connectivity index (χ0v) is 15.6. The molecule has 0 atom stereocenters. The molecule has 0 unspecified atom stereocenters. The maximum Gasteiger partial charge on any atom is 0.348 e. The Morgan fingerprint density at radius 1 is 1.14 bits per heavy atom. The van der Waals surface area contributed by atoms with Crippen molar-refractivity contribution in [3.8, 4) is 5.75 Å². The van der Waals surface area contributed by atoms with E-state index < -0.39 is 17.5 Å². The van der Waals surface area contributed by atoms with Gasteiger partial charge in [0.1, 0.15) is 11.6 Å². The first-order chi connectivity index (χ1) is 13.5. The number of primary amides is 1. The van der Waals surface area contributed by atoms with Crippen molar-refractivity contribution in [3.63, 3.8) is 0 Å². The number of carbonyl (C=O) groups excluding carboxylic acids is 1. The minimum absolute atomic E-state index is 0.286. The topological polar surface area (TPSA) is 106 Å². The number of carbonyl (C=O) groups is 2. The Hall–Kier alpha value is -3.09. The van der Waals surface area contributed by atoms with E-state index in [-0.39, 0.29) is 12.8 Å². The summed E-state index contributed by atoms with van der Waals surface area (Å²) in [5, 5.41) is 9.91. The van der Waals surface area contributed by atoms with E-state index in [2.05, 4.69) is 4.98 Å². The molecule has 1 aliphatic carbocycles. The van der Waals surface area contributed by atoms with Crippen LogP contribution in [0.5, 0.6) is 5.75 Å². The molecule has 7 heteroatoms. The second-order valence-electron chi connectivity index (χ2n) is 7.41. The van der Waals surface area contributed by atoms with Crippen molar-refractivity contribution in [2.45, 2.75) is 37.7 Å². The fourth-order valence-electron chi connectivity index (χ4n) is 4.12. The molecule has 0 spiro atoms. The molecule has 28 heavy (non-hydrogen) atoms. The molecular formula is C21H23N3O4. The number of ether oxygens (including phenoxy) is 1. The molecule has 0 radical (unpaired) electrons. The van der Waals surface area contributed by atoms with Crippen LogP contribution in [0.3, 0.4) is 0 Å². The Morgan fingerprint density at radius 2 is 1.89 bits per heavy atom. The van der Waals surface area contributed by atoms with Gasteiger partial charge in [-0.1, -0.05) is 6.07 Å². The summed E-state index contributed by atoms with van der Waals surface area (Å²) in [7, 11) is 0. The number of piperidine rings is 1. The number of hydrogen-bond acceptors (Lipinski definition) is 5. The first-order valence-electron chi connectivity index (χ1n) is 9.52. The highest BCUT2D eigenvalue weighted by molar-refractivity contribution is 5.97. The van der Waals surface area contributed by atoms with Gasteiger partial charge in [-0.3, -0.25) is 4.79 Å². The lowest BCUT2D eigenvalue weighted by molar-refractivity contribution is -0.157. The maximum atomic E-state index is 12.1. The van der Waals surface area contributed by atoms with Crippen LogP contribution >= 0.6 is 0 Å². The standard InChI is InChI=1S/C21H23N3O4/c22-18(25)17-5-2-10-23-19(17)24-11-8-21(9-12-24,20(26)27)28-16-7-6-14-3-1-4-15(14)13-16/h2,5-7,10,13H,1,3-4,8-9,11-12H2,(H2,22,25)(H,26,27). The smallest absolute Gasteiger partial charge is 0.348 e. The second kappa shape index (κ2) is 7.14. The molecule has 1 aromatic carbocycles.